The van der Waals surface area contributed by atoms with Crippen molar-refractivity contribution in [1.29, 1.82) is 0 Å². The summed E-state index contributed by atoms with van der Waals surface area (Å²) in [6, 6.07) is 3.24. The molecule has 1 unspecified atom stereocenters. The van der Waals surface area contributed by atoms with Gasteiger partial charge in [0.05, 0.1) is 5.69 Å². The van der Waals surface area contributed by atoms with E-state index in [0.717, 1.165) is 0 Å². The number of ether oxygens (including phenoxy) is 1. The maximum atomic E-state index is 11.7. The molecule has 21 heavy (non-hydrogen) atoms. The van der Waals surface area contributed by atoms with Crippen LogP contribution >= 0.6 is 23.2 Å². The van der Waals surface area contributed by atoms with Crippen molar-refractivity contribution in [3.63, 3.8) is 0 Å². The van der Waals surface area contributed by atoms with Crippen LogP contribution in [0.3, 0.4) is 0 Å². The smallest absolute Gasteiger partial charge is 0.407 e. The second kappa shape index (κ2) is 6.81. The molecular weight excluding hydrogens is 313 g/mol. The van der Waals surface area contributed by atoms with Crippen LogP contribution < -0.4 is 11.1 Å². The van der Waals surface area contributed by atoms with Crippen molar-refractivity contribution in [1.82, 2.24) is 10.3 Å². The van der Waals surface area contributed by atoms with E-state index in [1.54, 1.807) is 32.9 Å². The van der Waals surface area contributed by atoms with Gasteiger partial charge in [-0.2, -0.15) is 0 Å². The van der Waals surface area contributed by atoms with Crippen LogP contribution in [0.15, 0.2) is 12.1 Å². The Bertz CT molecular complexity index is 497. The van der Waals surface area contributed by atoms with Gasteiger partial charge in [0.15, 0.2) is 0 Å². The Morgan fingerprint density at radius 1 is 1.33 bits per heavy atom. The third kappa shape index (κ3) is 5.69. The lowest BCUT2D eigenvalue weighted by Gasteiger charge is -2.29. The third-order valence-corrected chi connectivity index (χ3v) is 3.26. The fourth-order valence-corrected chi connectivity index (χ4v) is 2.09. The summed E-state index contributed by atoms with van der Waals surface area (Å²) < 4.78 is 5.20. The molecule has 0 aliphatic heterocycles. The maximum absolute atomic E-state index is 11.7. The highest BCUT2D eigenvalue weighted by Crippen LogP contribution is 2.25. The van der Waals surface area contributed by atoms with Crippen LogP contribution in [0.4, 0.5) is 4.79 Å². The van der Waals surface area contributed by atoms with Gasteiger partial charge < -0.3 is 15.8 Å². The van der Waals surface area contributed by atoms with Crippen molar-refractivity contribution in [2.24, 2.45) is 5.73 Å². The Labute approximate surface area is 135 Å². The molecule has 1 rings (SSSR count). The predicted molar refractivity (Wildman–Crippen MR) is 84.9 cm³/mol. The highest BCUT2D eigenvalue weighted by atomic mass is 35.5. The molecule has 3 N–H and O–H groups in total. The molecule has 7 heteroatoms. The Morgan fingerprint density at radius 3 is 2.43 bits per heavy atom. The first-order valence-electron chi connectivity index (χ1n) is 6.56. The molecule has 0 saturated heterocycles. The molecule has 0 aliphatic rings. The number of halogens is 2. The minimum atomic E-state index is -0.592. The fourth-order valence-electron chi connectivity index (χ4n) is 1.62. The standard InChI is InChI=1S/C14H21Cl2N3O2/c1-13(2,3)21-12(20)18-8-14(4,7-17)10-5-9(15)6-11(16)19-10/h5-6H,7-8,17H2,1-4H3,(H,18,20). The normalized spacial score (nSPS) is 14.4. The summed E-state index contributed by atoms with van der Waals surface area (Å²) >= 11 is 11.9. The van der Waals surface area contributed by atoms with Gasteiger partial charge in [-0.15, -0.1) is 0 Å². The Balaban J connectivity index is 2.83. The molecule has 0 aromatic carbocycles. The van der Waals surface area contributed by atoms with Crippen molar-refractivity contribution in [3.8, 4) is 0 Å². The van der Waals surface area contributed by atoms with E-state index in [1.165, 1.54) is 0 Å². The molecule has 1 atom stereocenters. The molecule has 0 radical (unpaired) electrons. The van der Waals surface area contributed by atoms with Crippen molar-refractivity contribution in [2.75, 3.05) is 13.1 Å². The number of amides is 1. The molecule has 0 saturated carbocycles. The van der Waals surface area contributed by atoms with Gasteiger partial charge in [0.1, 0.15) is 10.8 Å². The first-order valence-corrected chi connectivity index (χ1v) is 7.32. The zero-order chi connectivity index (χ0) is 16.3. The molecule has 0 fully saturated rings. The molecule has 1 aromatic rings. The number of nitrogens with zero attached hydrogens (tertiary/aromatic N) is 1. The van der Waals surface area contributed by atoms with Crippen LogP contribution in [0.1, 0.15) is 33.4 Å². The summed E-state index contributed by atoms with van der Waals surface area (Å²) in [6.07, 6.45) is -0.504. The molecule has 5 nitrogen and oxygen atoms in total. The SMILES string of the molecule is CC(C)(C)OC(=O)NCC(C)(CN)c1cc(Cl)cc(Cl)n1. The average molecular weight is 334 g/mol. The number of nitrogens with two attached hydrogens (primary N) is 1. The number of alkyl carbamates (subject to hydrolysis) is 1. The fraction of sp³-hybridized carbons (Fsp3) is 0.571. The Morgan fingerprint density at radius 2 is 1.95 bits per heavy atom. The summed E-state index contributed by atoms with van der Waals surface area (Å²) in [5, 5.41) is 3.46. The lowest BCUT2D eigenvalue weighted by atomic mass is 9.86. The number of hydrogen-bond donors (Lipinski definition) is 2. The quantitative estimate of drug-likeness (QED) is 0.830. The summed E-state index contributed by atoms with van der Waals surface area (Å²) in [5.41, 5.74) is 5.31. The third-order valence-electron chi connectivity index (χ3n) is 2.85. The minimum Gasteiger partial charge on any atom is -0.444 e. The second-order valence-corrected chi connectivity index (χ2v) is 6.94. The number of pyridine rings is 1. The number of aromatic nitrogens is 1. The van der Waals surface area contributed by atoms with Crippen molar-refractivity contribution >= 4 is 29.3 Å². The van der Waals surface area contributed by atoms with Gasteiger partial charge in [-0.3, -0.25) is 0 Å². The molecule has 1 amide bonds. The zero-order valence-corrected chi connectivity index (χ0v) is 14.2. The highest BCUT2D eigenvalue weighted by molar-refractivity contribution is 6.33. The van der Waals surface area contributed by atoms with E-state index in [9.17, 15) is 4.79 Å². The van der Waals surface area contributed by atoms with E-state index in [-0.39, 0.29) is 18.2 Å². The topological polar surface area (TPSA) is 77.2 Å². The summed E-state index contributed by atoms with van der Waals surface area (Å²) in [6.45, 7) is 7.81. The van der Waals surface area contributed by atoms with Crippen molar-refractivity contribution in [2.45, 2.75) is 38.7 Å². The van der Waals surface area contributed by atoms with Gasteiger partial charge in [0.2, 0.25) is 0 Å². The number of carbonyl (C=O) groups is 1. The average Bonchev–Trinajstić information content (AvgIpc) is 2.32. The summed E-state index contributed by atoms with van der Waals surface area (Å²) in [4.78, 5) is 16.0. The molecular formula is C14H21Cl2N3O2. The molecule has 0 spiro atoms. The van der Waals surface area contributed by atoms with Crippen LogP contribution in [0, 0.1) is 0 Å². The molecule has 1 heterocycles. The van der Waals surface area contributed by atoms with E-state index < -0.39 is 17.1 Å². The number of nitrogens with one attached hydrogen (secondary N) is 1. The first kappa shape index (κ1) is 18.0. The second-order valence-electron chi connectivity index (χ2n) is 6.11. The van der Waals surface area contributed by atoms with Gasteiger partial charge in [-0.05, 0) is 32.9 Å². The van der Waals surface area contributed by atoms with Gasteiger partial charge in [0.25, 0.3) is 0 Å². The van der Waals surface area contributed by atoms with Crippen LogP contribution in [-0.2, 0) is 10.2 Å². The van der Waals surface area contributed by atoms with E-state index >= 15 is 0 Å². The molecule has 1 aromatic heterocycles. The van der Waals surface area contributed by atoms with Crippen molar-refractivity contribution < 1.29 is 9.53 Å². The van der Waals surface area contributed by atoms with Crippen LogP contribution in [0.5, 0.6) is 0 Å². The number of rotatable bonds is 4. The lowest BCUT2D eigenvalue weighted by Crippen LogP contribution is -2.45. The van der Waals surface area contributed by atoms with E-state index in [4.69, 9.17) is 33.7 Å². The zero-order valence-electron chi connectivity index (χ0n) is 12.7. The van der Waals surface area contributed by atoms with E-state index in [2.05, 4.69) is 10.3 Å². The summed E-state index contributed by atoms with van der Waals surface area (Å²) in [7, 11) is 0. The molecule has 118 valence electrons. The van der Waals surface area contributed by atoms with Gasteiger partial charge in [-0.1, -0.05) is 30.1 Å². The van der Waals surface area contributed by atoms with Gasteiger partial charge in [0, 0.05) is 23.5 Å². The Hall–Kier alpha value is -1.04. The van der Waals surface area contributed by atoms with Crippen LogP contribution in [0.25, 0.3) is 0 Å². The van der Waals surface area contributed by atoms with Crippen LogP contribution in [-0.4, -0.2) is 29.8 Å². The maximum Gasteiger partial charge on any atom is 0.407 e. The van der Waals surface area contributed by atoms with Crippen LogP contribution in [0.2, 0.25) is 10.2 Å². The number of hydrogen-bond acceptors (Lipinski definition) is 4. The van der Waals surface area contributed by atoms with Gasteiger partial charge in [-0.25, -0.2) is 9.78 Å². The lowest BCUT2D eigenvalue weighted by molar-refractivity contribution is 0.0516. The highest BCUT2D eigenvalue weighted by Gasteiger charge is 2.29. The Kier molecular flexibility index (Phi) is 5.84. The number of carbonyl (C=O) groups excluding carboxylic acids is 1. The van der Waals surface area contributed by atoms with Crippen molar-refractivity contribution in [3.05, 3.63) is 28.0 Å². The predicted octanol–water partition coefficient (Wildman–Crippen LogP) is 3.13. The monoisotopic (exact) mass is 333 g/mol. The van der Waals surface area contributed by atoms with Gasteiger partial charge >= 0.3 is 6.09 Å². The largest absolute Gasteiger partial charge is 0.444 e. The summed E-state index contributed by atoms with van der Waals surface area (Å²) in [5.74, 6) is 0. The van der Waals surface area contributed by atoms with E-state index in [1.807, 2.05) is 6.92 Å². The van der Waals surface area contributed by atoms with E-state index in [0.29, 0.717) is 10.7 Å². The minimum absolute atomic E-state index is 0.266. The molecule has 0 bridgehead atoms. The first-order chi connectivity index (χ1) is 9.55. The molecule has 0 aliphatic carbocycles.